The van der Waals surface area contributed by atoms with Crippen LogP contribution in [0.5, 0.6) is 0 Å². The average molecular weight is 335 g/mol. The third-order valence-electron chi connectivity index (χ3n) is 3.57. The molecule has 1 aromatic rings. The summed E-state index contributed by atoms with van der Waals surface area (Å²) in [6.45, 7) is 5.35. The Kier molecular flexibility index (Phi) is 4.48. The van der Waals surface area contributed by atoms with E-state index in [-0.39, 0.29) is 6.04 Å². The fourth-order valence-electron chi connectivity index (χ4n) is 2.44. The molecule has 0 N–H and O–H groups in total. The van der Waals surface area contributed by atoms with Gasteiger partial charge in [0.2, 0.25) is 0 Å². The van der Waals surface area contributed by atoms with E-state index in [1.54, 1.807) is 27.8 Å². The van der Waals surface area contributed by atoms with Gasteiger partial charge in [-0.15, -0.1) is 11.3 Å². The predicted molar refractivity (Wildman–Crippen MR) is 79.1 cm³/mol. The van der Waals surface area contributed by atoms with E-state index in [0.717, 1.165) is 21.8 Å². The number of carbonyl (C=O) groups excluding carboxylic acids is 1. The minimum absolute atomic E-state index is 0.123. The Labute approximate surface area is 132 Å². The molecule has 0 radical (unpaired) electrons. The molecule has 0 bridgehead atoms. The van der Waals surface area contributed by atoms with Crippen molar-refractivity contribution in [3.05, 3.63) is 21.4 Å². The van der Waals surface area contributed by atoms with Crippen molar-refractivity contribution in [2.24, 2.45) is 0 Å². The molecule has 1 aliphatic carbocycles. The average Bonchev–Trinajstić information content (AvgIpc) is 2.78. The van der Waals surface area contributed by atoms with Crippen molar-refractivity contribution in [3.8, 4) is 0 Å². The fourth-order valence-corrected chi connectivity index (χ4v) is 3.59. The van der Waals surface area contributed by atoms with Gasteiger partial charge in [0.05, 0.1) is 0 Å². The quantitative estimate of drug-likeness (QED) is 0.757. The lowest BCUT2D eigenvalue weighted by molar-refractivity contribution is -0.134. The van der Waals surface area contributed by atoms with E-state index in [4.69, 9.17) is 4.74 Å². The second-order valence-corrected chi connectivity index (χ2v) is 7.68. The number of alkyl halides is 3. The number of rotatable bonds is 1. The van der Waals surface area contributed by atoms with Crippen LogP contribution in [0.1, 0.15) is 42.5 Å². The molecule has 1 aliphatic rings. The van der Waals surface area contributed by atoms with Crippen LogP contribution in [-0.2, 0) is 23.8 Å². The van der Waals surface area contributed by atoms with Crippen molar-refractivity contribution < 1.29 is 22.7 Å². The highest BCUT2D eigenvalue weighted by atomic mass is 32.1. The molecule has 1 unspecified atom stereocenters. The number of carbonyl (C=O) groups is 1. The summed E-state index contributed by atoms with van der Waals surface area (Å²) < 4.78 is 43.6. The number of ether oxygens (including phenoxy) is 1. The van der Waals surface area contributed by atoms with Crippen LogP contribution in [0.15, 0.2) is 6.07 Å². The van der Waals surface area contributed by atoms with Gasteiger partial charge in [-0.25, -0.2) is 4.79 Å². The molecule has 1 aromatic heterocycles. The topological polar surface area (TPSA) is 29.5 Å². The van der Waals surface area contributed by atoms with Crippen LogP contribution in [0.25, 0.3) is 0 Å². The first kappa shape index (κ1) is 17.1. The summed E-state index contributed by atoms with van der Waals surface area (Å²) in [5, 5.41) is 0. The monoisotopic (exact) mass is 335 g/mol. The molecule has 0 aromatic carbocycles. The van der Waals surface area contributed by atoms with E-state index in [0.29, 0.717) is 19.3 Å². The van der Waals surface area contributed by atoms with Crippen molar-refractivity contribution >= 4 is 17.4 Å². The van der Waals surface area contributed by atoms with Gasteiger partial charge < -0.3 is 9.64 Å². The maximum atomic E-state index is 12.8. The Hall–Kier alpha value is -1.24. The number of likely N-dealkylation sites (N-methyl/N-ethyl adjacent to an activating group) is 1. The minimum Gasteiger partial charge on any atom is -0.444 e. The summed E-state index contributed by atoms with van der Waals surface area (Å²) in [5.41, 5.74) is 0.170. The number of thiophene rings is 1. The zero-order valence-corrected chi connectivity index (χ0v) is 13.9. The van der Waals surface area contributed by atoms with Crippen molar-refractivity contribution in [1.29, 1.82) is 0 Å². The molecule has 22 heavy (non-hydrogen) atoms. The van der Waals surface area contributed by atoms with Gasteiger partial charge in [-0.2, -0.15) is 13.2 Å². The smallest absolute Gasteiger partial charge is 0.425 e. The molecule has 0 saturated carbocycles. The van der Waals surface area contributed by atoms with Gasteiger partial charge in [0, 0.05) is 24.4 Å². The highest BCUT2D eigenvalue weighted by Crippen LogP contribution is 2.39. The van der Waals surface area contributed by atoms with E-state index >= 15 is 0 Å². The molecule has 0 saturated heterocycles. The lowest BCUT2D eigenvalue weighted by atomic mass is 9.94. The first-order valence-corrected chi connectivity index (χ1v) is 7.93. The summed E-state index contributed by atoms with van der Waals surface area (Å²) in [7, 11) is 1.64. The van der Waals surface area contributed by atoms with E-state index in [9.17, 15) is 18.0 Å². The number of nitrogens with zero attached hydrogens (tertiary/aromatic N) is 1. The SMILES string of the molecule is CN(C(=O)OC(C)(C)C)C1CCc2cc(C(F)(F)F)sc2C1. The van der Waals surface area contributed by atoms with Crippen LogP contribution >= 0.6 is 11.3 Å². The summed E-state index contributed by atoms with van der Waals surface area (Å²) in [5.74, 6) is 0. The molecule has 2 rings (SSSR count). The van der Waals surface area contributed by atoms with Gasteiger partial charge in [0.25, 0.3) is 0 Å². The number of fused-ring (bicyclic) bond motifs is 1. The van der Waals surface area contributed by atoms with Crippen molar-refractivity contribution in [2.75, 3.05) is 7.05 Å². The van der Waals surface area contributed by atoms with Crippen LogP contribution in [0.2, 0.25) is 0 Å². The molecule has 0 aliphatic heterocycles. The number of halogens is 3. The molecule has 7 heteroatoms. The highest BCUT2D eigenvalue weighted by molar-refractivity contribution is 7.12. The van der Waals surface area contributed by atoms with Gasteiger partial charge in [-0.05, 0) is 45.2 Å². The number of amides is 1. The van der Waals surface area contributed by atoms with Crippen LogP contribution in [-0.4, -0.2) is 29.7 Å². The fraction of sp³-hybridized carbons (Fsp3) is 0.667. The van der Waals surface area contributed by atoms with E-state index in [2.05, 4.69) is 0 Å². The lowest BCUT2D eigenvalue weighted by Gasteiger charge is -2.32. The summed E-state index contributed by atoms with van der Waals surface area (Å²) in [6, 6.07) is 1.12. The van der Waals surface area contributed by atoms with Crippen molar-refractivity contribution in [1.82, 2.24) is 4.90 Å². The van der Waals surface area contributed by atoms with Crippen LogP contribution in [0.4, 0.5) is 18.0 Å². The normalized spacial score (nSPS) is 18.8. The highest BCUT2D eigenvalue weighted by Gasteiger charge is 2.36. The van der Waals surface area contributed by atoms with Gasteiger partial charge in [-0.1, -0.05) is 0 Å². The van der Waals surface area contributed by atoms with Gasteiger partial charge in [0.1, 0.15) is 10.5 Å². The Bertz CT molecular complexity index is 560. The van der Waals surface area contributed by atoms with E-state index in [1.165, 1.54) is 11.0 Å². The maximum Gasteiger partial charge on any atom is 0.425 e. The molecule has 124 valence electrons. The molecular weight excluding hydrogens is 315 g/mol. The molecule has 1 atom stereocenters. The second kappa shape index (κ2) is 5.76. The Morgan fingerprint density at radius 1 is 1.36 bits per heavy atom. The zero-order valence-electron chi connectivity index (χ0n) is 13.1. The first-order valence-electron chi connectivity index (χ1n) is 7.12. The summed E-state index contributed by atoms with van der Waals surface area (Å²) in [6.07, 6.45) is -3.08. The molecule has 1 heterocycles. The molecular formula is C15H20F3NO2S. The Morgan fingerprint density at radius 2 is 2.00 bits per heavy atom. The third-order valence-corrected chi connectivity index (χ3v) is 4.82. The summed E-state index contributed by atoms with van der Waals surface area (Å²) in [4.78, 5) is 13.7. The van der Waals surface area contributed by atoms with Crippen LogP contribution < -0.4 is 0 Å². The second-order valence-electron chi connectivity index (χ2n) is 6.54. The zero-order chi connectivity index (χ0) is 16.7. The van der Waals surface area contributed by atoms with Gasteiger partial charge in [0.15, 0.2) is 0 Å². The van der Waals surface area contributed by atoms with Gasteiger partial charge >= 0.3 is 12.3 Å². The lowest BCUT2D eigenvalue weighted by Crippen LogP contribution is -2.43. The minimum atomic E-state index is -4.30. The number of hydrogen-bond donors (Lipinski definition) is 0. The standard InChI is InChI=1S/C15H20F3NO2S/c1-14(2,3)21-13(20)19(4)10-6-5-9-7-12(15(16,17)18)22-11(9)8-10/h7,10H,5-6,8H2,1-4H3. The van der Waals surface area contributed by atoms with Crippen molar-refractivity contribution in [2.45, 2.75) is 57.9 Å². The Balaban J connectivity index is 2.08. The van der Waals surface area contributed by atoms with E-state index in [1.807, 2.05) is 0 Å². The molecule has 0 fully saturated rings. The Morgan fingerprint density at radius 3 is 2.55 bits per heavy atom. The number of hydrogen-bond acceptors (Lipinski definition) is 3. The first-order chi connectivity index (χ1) is 9.97. The largest absolute Gasteiger partial charge is 0.444 e. The molecule has 3 nitrogen and oxygen atoms in total. The summed E-state index contributed by atoms with van der Waals surface area (Å²) >= 11 is 0.785. The van der Waals surface area contributed by atoms with Crippen molar-refractivity contribution in [3.63, 3.8) is 0 Å². The third kappa shape index (κ3) is 3.94. The van der Waals surface area contributed by atoms with Gasteiger partial charge in [-0.3, -0.25) is 0 Å². The van der Waals surface area contributed by atoms with E-state index < -0.39 is 22.7 Å². The molecule has 0 spiro atoms. The number of aryl methyl sites for hydroxylation is 1. The predicted octanol–water partition coefficient (Wildman–Crippen LogP) is 4.49. The maximum absolute atomic E-state index is 12.8. The molecule has 1 amide bonds. The van der Waals surface area contributed by atoms with Crippen LogP contribution in [0.3, 0.4) is 0 Å². The van der Waals surface area contributed by atoms with Crippen LogP contribution in [0, 0.1) is 0 Å².